The van der Waals surface area contributed by atoms with Crippen molar-refractivity contribution in [2.45, 2.75) is 22.2 Å². The summed E-state index contributed by atoms with van der Waals surface area (Å²) in [5.74, 6) is -12.0. The maximum absolute atomic E-state index is 14.4. The summed E-state index contributed by atoms with van der Waals surface area (Å²) < 4.78 is 79.1. The van der Waals surface area contributed by atoms with Crippen LogP contribution in [0.2, 0.25) is 0 Å². The van der Waals surface area contributed by atoms with Gasteiger partial charge < -0.3 is 9.47 Å². The van der Waals surface area contributed by atoms with E-state index in [4.69, 9.17) is 0 Å². The molecule has 0 fully saturated rings. The van der Waals surface area contributed by atoms with Crippen LogP contribution in [0.3, 0.4) is 0 Å². The van der Waals surface area contributed by atoms with Crippen LogP contribution in [-0.4, -0.2) is 47.3 Å². The Kier molecular flexibility index (Phi) is 7.94. The third-order valence-corrected chi connectivity index (χ3v) is 4.60. The van der Waals surface area contributed by atoms with E-state index in [2.05, 4.69) is 22.6 Å². The minimum atomic E-state index is -4.78. The molecule has 0 saturated carbocycles. The lowest BCUT2D eigenvalue weighted by molar-refractivity contribution is -0.225. The summed E-state index contributed by atoms with van der Waals surface area (Å²) in [5, 5.41) is -4.52. The highest BCUT2D eigenvalue weighted by Crippen LogP contribution is 2.58. The molecule has 0 aliphatic carbocycles. The van der Waals surface area contributed by atoms with Crippen molar-refractivity contribution >= 4 is 39.7 Å². The van der Waals surface area contributed by atoms with Gasteiger partial charge in [0.25, 0.3) is 5.41 Å². The van der Waals surface area contributed by atoms with E-state index in [1.54, 1.807) is 0 Å². The van der Waals surface area contributed by atoms with Crippen LogP contribution in [0.15, 0.2) is 25.3 Å². The molecule has 0 aromatic carbocycles. The largest absolute Gasteiger partial charge is 0.461 e. The molecule has 0 N–H and O–H groups in total. The van der Waals surface area contributed by atoms with Crippen LogP contribution in [-0.2, 0) is 19.1 Å². The van der Waals surface area contributed by atoms with Gasteiger partial charge in [-0.2, -0.15) is 8.78 Å². The number of hydrogen-bond donors (Lipinski definition) is 0. The first kappa shape index (κ1) is 23.4. The molecule has 12 heteroatoms. The van der Waals surface area contributed by atoms with Gasteiger partial charge in [-0.05, 0) is 0 Å². The van der Waals surface area contributed by atoms with Crippen molar-refractivity contribution in [1.29, 1.82) is 0 Å². The second kappa shape index (κ2) is 8.16. The number of carbonyl (C=O) groups is 2. The molecule has 0 aliphatic heterocycles. The maximum Gasteiger partial charge on any atom is 0.330 e. The first-order valence-electron chi connectivity index (χ1n) is 6.06. The summed E-state index contributed by atoms with van der Waals surface area (Å²) in [5.41, 5.74) is 0. The van der Waals surface area contributed by atoms with Crippen LogP contribution in [0.25, 0.3) is 0 Å². The van der Waals surface area contributed by atoms with E-state index in [1.807, 2.05) is 0 Å². The van der Waals surface area contributed by atoms with Crippen LogP contribution >= 0.6 is 27.7 Å². The first-order chi connectivity index (χ1) is 10.7. The molecule has 0 rings (SSSR count). The molecule has 0 spiro atoms. The van der Waals surface area contributed by atoms with Gasteiger partial charge in [0.05, 0.1) is 4.90 Å². The Labute approximate surface area is 142 Å². The zero-order valence-corrected chi connectivity index (χ0v) is 15.7. The normalized spacial score (nSPS) is 15.2. The minimum absolute atomic E-state index is 0.515. The van der Waals surface area contributed by atoms with Crippen molar-refractivity contribution in [3.05, 3.63) is 25.3 Å². The van der Waals surface area contributed by atoms with E-state index in [-0.39, 0.29) is 0 Å². The van der Waals surface area contributed by atoms with Gasteiger partial charge in [0.1, 0.15) is 6.61 Å². The molecular weight excluding hydrogens is 396 g/mol. The fourth-order valence-electron chi connectivity index (χ4n) is 1.23. The Balaban J connectivity index is 5.45. The van der Waals surface area contributed by atoms with E-state index in [0.717, 1.165) is 9.24 Å². The molecule has 0 heterocycles. The highest BCUT2D eigenvalue weighted by atomic mass is 31.1. The molecule has 4 nitrogen and oxygen atoms in total. The average Bonchev–Trinajstić information content (AvgIpc) is 2.49. The van der Waals surface area contributed by atoms with Gasteiger partial charge in [0.2, 0.25) is 0 Å². The van der Waals surface area contributed by atoms with Gasteiger partial charge in [-0.1, -0.05) is 22.4 Å². The van der Waals surface area contributed by atoms with Gasteiger partial charge in [0, 0.05) is 12.2 Å². The summed E-state index contributed by atoms with van der Waals surface area (Å²) in [6.07, 6.45) is 1.18. The minimum Gasteiger partial charge on any atom is -0.461 e. The predicted octanol–water partition coefficient (Wildman–Crippen LogP) is 2.70. The molecule has 0 aromatic rings. The highest BCUT2D eigenvalue weighted by molar-refractivity contribution is 7.40. The second-order valence-corrected chi connectivity index (χ2v) is 8.18. The van der Waals surface area contributed by atoms with Gasteiger partial charge in [0.15, 0.2) is 6.61 Å². The quantitative estimate of drug-likeness (QED) is 0.253. The Bertz CT molecular complexity index is 477. The van der Waals surface area contributed by atoms with Crippen molar-refractivity contribution in [3.63, 3.8) is 0 Å². The summed E-state index contributed by atoms with van der Waals surface area (Å²) in [6, 6.07) is 0. The molecule has 0 radical (unpaired) electrons. The number of rotatable bonds is 9. The maximum atomic E-state index is 14.4. The molecule has 0 bridgehead atoms. The van der Waals surface area contributed by atoms with Crippen LogP contribution in [0.5, 0.6) is 0 Å². The Morgan fingerprint density at radius 1 is 0.875 bits per heavy atom. The van der Waals surface area contributed by atoms with Gasteiger partial charge in [-0.3, -0.25) is 0 Å². The third kappa shape index (κ3) is 4.93. The number of carbonyl (C=O) groups excluding carboxylic acids is 2. The smallest absolute Gasteiger partial charge is 0.330 e. The van der Waals surface area contributed by atoms with Gasteiger partial charge in [-0.15, -0.1) is 18.5 Å². The Morgan fingerprint density at radius 3 is 1.62 bits per heavy atom. The summed E-state index contributed by atoms with van der Waals surface area (Å²) in [6.45, 7) is 2.90. The monoisotopic (exact) mass is 412 g/mol. The van der Waals surface area contributed by atoms with Gasteiger partial charge >= 0.3 is 23.8 Å². The third-order valence-electron chi connectivity index (χ3n) is 2.76. The second-order valence-electron chi connectivity index (χ2n) is 4.65. The molecule has 0 aromatic heterocycles. The highest BCUT2D eigenvalue weighted by Gasteiger charge is 2.72. The van der Waals surface area contributed by atoms with Crippen LogP contribution < -0.4 is 0 Å². The molecule has 138 valence electrons. The average molecular weight is 412 g/mol. The van der Waals surface area contributed by atoms with Crippen molar-refractivity contribution in [2.75, 3.05) is 13.2 Å². The predicted molar refractivity (Wildman–Crippen MR) is 87.9 cm³/mol. The van der Waals surface area contributed by atoms with E-state index >= 15 is 0 Å². The summed E-state index contributed by atoms with van der Waals surface area (Å²) >= 11 is 0. The Morgan fingerprint density at radius 2 is 1.25 bits per heavy atom. The number of esters is 2. The van der Waals surface area contributed by atoms with Crippen LogP contribution in [0.4, 0.5) is 22.0 Å². The van der Waals surface area contributed by atoms with Crippen molar-refractivity contribution in [1.82, 2.24) is 0 Å². The SMILES string of the molecule is C=CC(=O)OCC(F)(F)C(F)(P)C(F)(F)C(P)(P)COC(=O)C=C. The number of ether oxygens (including phenoxy) is 2. The topological polar surface area (TPSA) is 52.6 Å². The molecular formula is C12H16F5O4P3. The summed E-state index contributed by atoms with van der Waals surface area (Å²) in [4.78, 5) is 19.0. The zero-order valence-electron chi connectivity index (χ0n) is 12.2. The number of hydrogen-bond acceptors (Lipinski definition) is 4. The molecule has 0 aliphatic rings. The standard InChI is InChI=1S/C12H16F5O4P3/c1-3-7(18)20-5-9(13,14)12(17,24)11(15,16)10(22,23)6-21-8(19)4-2/h3-4H,1-2,5-6,22-24H2. The fourth-order valence-corrected chi connectivity index (χ4v) is 2.51. The van der Waals surface area contributed by atoms with Crippen LogP contribution in [0.1, 0.15) is 0 Å². The zero-order chi connectivity index (χ0) is 19.4. The van der Waals surface area contributed by atoms with E-state index in [9.17, 15) is 31.5 Å². The van der Waals surface area contributed by atoms with E-state index in [0.29, 0.717) is 12.2 Å². The lowest BCUT2D eigenvalue weighted by Gasteiger charge is -2.43. The van der Waals surface area contributed by atoms with Crippen molar-refractivity contribution < 1.29 is 41.0 Å². The fraction of sp³-hybridized carbons (Fsp3) is 0.500. The molecule has 4 atom stereocenters. The molecule has 0 saturated heterocycles. The van der Waals surface area contributed by atoms with Gasteiger partial charge in [-0.25, -0.2) is 22.8 Å². The van der Waals surface area contributed by atoms with Crippen molar-refractivity contribution in [3.8, 4) is 0 Å². The molecule has 4 unspecified atom stereocenters. The van der Waals surface area contributed by atoms with Crippen LogP contribution in [0, 0.1) is 0 Å². The molecule has 24 heavy (non-hydrogen) atoms. The van der Waals surface area contributed by atoms with Crippen molar-refractivity contribution in [2.24, 2.45) is 0 Å². The lowest BCUT2D eigenvalue weighted by atomic mass is 10.0. The lowest BCUT2D eigenvalue weighted by Crippen LogP contribution is -2.62. The first-order valence-corrected chi connectivity index (χ1v) is 7.79. The number of halogens is 5. The molecule has 0 amide bonds. The Hall–Kier alpha value is -0.640. The summed E-state index contributed by atoms with van der Waals surface area (Å²) in [7, 11) is 3.63. The van der Waals surface area contributed by atoms with E-state index < -0.39 is 47.3 Å². The number of alkyl halides is 5. The van der Waals surface area contributed by atoms with E-state index in [1.165, 1.54) is 18.5 Å².